The standard InChI is InChI=1S/C21H32N2O3/c1-2-10-25-20-9-8-16(11-19(20)22)21(24)23-17-12-18(13-17)26-14-15-6-4-3-5-7-15/h3-7,16-20H,2,8-14,22H2,1H3,(H,23,24)/t16-,17?,18?,19+,20+/m0/s1. The maximum atomic E-state index is 12.5. The van der Waals surface area contributed by atoms with Crippen molar-refractivity contribution < 1.29 is 14.3 Å². The molecule has 3 atom stereocenters. The predicted molar refractivity (Wildman–Crippen MR) is 102 cm³/mol. The first-order chi connectivity index (χ1) is 12.7. The van der Waals surface area contributed by atoms with Crippen LogP contribution in [0.4, 0.5) is 0 Å². The van der Waals surface area contributed by atoms with Gasteiger partial charge in [0, 0.05) is 24.6 Å². The van der Waals surface area contributed by atoms with E-state index in [4.69, 9.17) is 15.2 Å². The molecule has 0 aromatic heterocycles. The molecule has 2 aliphatic rings. The smallest absolute Gasteiger partial charge is 0.223 e. The Morgan fingerprint density at radius 2 is 1.92 bits per heavy atom. The predicted octanol–water partition coefficient (Wildman–Crippen LogP) is 2.77. The van der Waals surface area contributed by atoms with Crippen LogP contribution in [0.15, 0.2) is 30.3 Å². The number of hydrogen-bond donors (Lipinski definition) is 2. The third-order valence-corrected chi connectivity index (χ3v) is 5.51. The third-order valence-electron chi connectivity index (χ3n) is 5.51. The van der Waals surface area contributed by atoms with Gasteiger partial charge in [0.1, 0.15) is 0 Å². The normalized spacial score (nSPS) is 31.2. The van der Waals surface area contributed by atoms with E-state index in [1.54, 1.807) is 0 Å². The molecule has 3 rings (SSSR count). The number of nitrogens with one attached hydrogen (secondary N) is 1. The van der Waals surface area contributed by atoms with E-state index >= 15 is 0 Å². The van der Waals surface area contributed by atoms with Gasteiger partial charge in [0.15, 0.2) is 0 Å². The van der Waals surface area contributed by atoms with Crippen LogP contribution in [0.1, 0.15) is 51.0 Å². The summed E-state index contributed by atoms with van der Waals surface area (Å²) in [6, 6.07) is 10.4. The summed E-state index contributed by atoms with van der Waals surface area (Å²) in [7, 11) is 0. The lowest BCUT2D eigenvalue weighted by Crippen LogP contribution is -2.52. The molecule has 2 aliphatic carbocycles. The van der Waals surface area contributed by atoms with Gasteiger partial charge in [-0.05, 0) is 44.1 Å². The molecule has 2 saturated carbocycles. The van der Waals surface area contributed by atoms with Gasteiger partial charge in [0.05, 0.1) is 18.8 Å². The zero-order valence-electron chi connectivity index (χ0n) is 15.7. The second kappa shape index (κ2) is 9.49. The molecule has 0 radical (unpaired) electrons. The minimum Gasteiger partial charge on any atom is -0.377 e. The zero-order chi connectivity index (χ0) is 18.4. The van der Waals surface area contributed by atoms with Crippen molar-refractivity contribution in [2.24, 2.45) is 11.7 Å². The van der Waals surface area contributed by atoms with Crippen molar-refractivity contribution in [3.8, 4) is 0 Å². The minimum absolute atomic E-state index is 0.0239. The van der Waals surface area contributed by atoms with Gasteiger partial charge in [0.25, 0.3) is 0 Å². The fourth-order valence-corrected chi connectivity index (χ4v) is 3.82. The summed E-state index contributed by atoms with van der Waals surface area (Å²) in [4.78, 5) is 12.5. The molecule has 0 saturated heterocycles. The maximum Gasteiger partial charge on any atom is 0.223 e. The van der Waals surface area contributed by atoms with E-state index in [2.05, 4.69) is 24.4 Å². The highest BCUT2D eigenvalue weighted by atomic mass is 16.5. The summed E-state index contributed by atoms with van der Waals surface area (Å²) < 4.78 is 11.7. The molecule has 0 aliphatic heterocycles. The summed E-state index contributed by atoms with van der Waals surface area (Å²) >= 11 is 0. The fourth-order valence-electron chi connectivity index (χ4n) is 3.82. The van der Waals surface area contributed by atoms with Crippen molar-refractivity contribution in [1.82, 2.24) is 5.32 Å². The van der Waals surface area contributed by atoms with E-state index < -0.39 is 0 Å². The number of ether oxygens (including phenoxy) is 2. The van der Waals surface area contributed by atoms with Gasteiger partial charge in [-0.1, -0.05) is 37.3 Å². The highest BCUT2D eigenvalue weighted by Crippen LogP contribution is 2.28. The van der Waals surface area contributed by atoms with Crippen LogP contribution in [0.2, 0.25) is 0 Å². The number of nitrogens with two attached hydrogens (primary N) is 1. The van der Waals surface area contributed by atoms with E-state index in [9.17, 15) is 4.79 Å². The third kappa shape index (κ3) is 5.29. The molecule has 1 aromatic rings. The number of hydrogen-bond acceptors (Lipinski definition) is 4. The van der Waals surface area contributed by atoms with Gasteiger partial charge in [-0.15, -0.1) is 0 Å². The summed E-state index contributed by atoms with van der Waals surface area (Å²) in [5, 5.41) is 3.18. The van der Waals surface area contributed by atoms with Crippen LogP contribution in [-0.2, 0) is 20.9 Å². The topological polar surface area (TPSA) is 73.6 Å². The Labute approximate surface area is 156 Å². The summed E-state index contributed by atoms with van der Waals surface area (Å²) in [6.45, 7) is 3.49. The van der Waals surface area contributed by atoms with Gasteiger partial charge < -0.3 is 20.5 Å². The lowest BCUT2D eigenvalue weighted by atomic mass is 9.82. The molecule has 5 heteroatoms. The summed E-state index contributed by atoms with van der Waals surface area (Å²) in [5.41, 5.74) is 7.41. The van der Waals surface area contributed by atoms with Crippen LogP contribution >= 0.6 is 0 Å². The van der Waals surface area contributed by atoms with Gasteiger partial charge >= 0.3 is 0 Å². The Morgan fingerprint density at radius 1 is 1.15 bits per heavy atom. The molecule has 1 amide bonds. The lowest BCUT2D eigenvalue weighted by Gasteiger charge is -2.38. The quantitative estimate of drug-likeness (QED) is 0.748. The molecule has 0 heterocycles. The largest absolute Gasteiger partial charge is 0.377 e. The van der Waals surface area contributed by atoms with Crippen LogP contribution in [0.3, 0.4) is 0 Å². The van der Waals surface area contributed by atoms with Crippen molar-refractivity contribution in [3.63, 3.8) is 0 Å². The average molecular weight is 360 g/mol. The van der Waals surface area contributed by atoms with E-state index in [1.807, 2.05) is 18.2 Å². The Hall–Kier alpha value is -1.43. The first kappa shape index (κ1) is 19.3. The molecule has 0 unspecified atom stereocenters. The SMILES string of the molecule is CCCO[C@@H]1CC[C@H](C(=O)NC2CC(OCc3ccccc3)C2)C[C@H]1N. The molecule has 26 heavy (non-hydrogen) atoms. The molecular formula is C21H32N2O3. The van der Waals surface area contributed by atoms with Crippen molar-refractivity contribution in [3.05, 3.63) is 35.9 Å². The first-order valence-electron chi connectivity index (χ1n) is 9.98. The minimum atomic E-state index is -0.0330. The van der Waals surface area contributed by atoms with Crippen LogP contribution < -0.4 is 11.1 Å². The van der Waals surface area contributed by atoms with Gasteiger partial charge in [-0.25, -0.2) is 0 Å². The zero-order valence-corrected chi connectivity index (χ0v) is 15.7. The molecule has 1 aromatic carbocycles. The first-order valence-corrected chi connectivity index (χ1v) is 9.98. The van der Waals surface area contributed by atoms with Crippen molar-refractivity contribution in [1.29, 1.82) is 0 Å². The second-order valence-electron chi connectivity index (χ2n) is 7.68. The molecule has 0 bridgehead atoms. The molecule has 3 N–H and O–H groups in total. The van der Waals surface area contributed by atoms with Gasteiger partial charge in [0.2, 0.25) is 5.91 Å². The van der Waals surface area contributed by atoms with Crippen LogP contribution in [-0.4, -0.2) is 36.8 Å². The monoisotopic (exact) mass is 360 g/mol. The highest BCUT2D eigenvalue weighted by molar-refractivity contribution is 5.79. The number of amides is 1. The molecule has 0 spiro atoms. The summed E-state index contributed by atoms with van der Waals surface area (Å²) in [6.07, 6.45) is 5.64. The average Bonchev–Trinajstić information content (AvgIpc) is 2.63. The van der Waals surface area contributed by atoms with E-state index in [1.165, 1.54) is 5.56 Å². The van der Waals surface area contributed by atoms with Gasteiger partial charge in [-0.3, -0.25) is 4.79 Å². The van der Waals surface area contributed by atoms with E-state index in [0.29, 0.717) is 6.61 Å². The Kier molecular flexibility index (Phi) is 7.06. The lowest BCUT2D eigenvalue weighted by molar-refractivity contribution is -0.130. The van der Waals surface area contributed by atoms with Crippen molar-refractivity contribution in [2.75, 3.05) is 6.61 Å². The number of carbonyl (C=O) groups is 1. The Bertz CT molecular complexity index is 560. The van der Waals surface area contributed by atoms with Crippen molar-refractivity contribution in [2.45, 2.75) is 76.3 Å². The second-order valence-corrected chi connectivity index (χ2v) is 7.68. The highest BCUT2D eigenvalue weighted by Gasteiger charge is 2.36. The molecule has 2 fully saturated rings. The van der Waals surface area contributed by atoms with E-state index in [0.717, 1.165) is 45.1 Å². The fraction of sp³-hybridized carbons (Fsp3) is 0.667. The number of carbonyl (C=O) groups excluding carboxylic acids is 1. The number of benzene rings is 1. The Morgan fingerprint density at radius 3 is 2.62 bits per heavy atom. The Balaban J connectivity index is 1.32. The number of rotatable bonds is 8. The van der Waals surface area contributed by atoms with Crippen LogP contribution in [0.25, 0.3) is 0 Å². The molecule has 5 nitrogen and oxygen atoms in total. The van der Waals surface area contributed by atoms with Crippen molar-refractivity contribution >= 4 is 5.91 Å². The van der Waals surface area contributed by atoms with Gasteiger partial charge in [-0.2, -0.15) is 0 Å². The molecule has 144 valence electrons. The molecular weight excluding hydrogens is 328 g/mol. The summed E-state index contributed by atoms with van der Waals surface area (Å²) in [5.74, 6) is 0.177. The van der Waals surface area contributed by atoms with Crippen LogP contribution in [0, 0.1) is 5.92 Å². The van der Waals surface area contributed by atoms with Crippen LogP contribution in [0.5, 0.6) is 0 Å². The maximum absolute atomic E-state index is 12.5. The van der Waals surface area contributed by atoms with E-state index in [-0.39, 0.29) is 36.1 Å².